The first-order valence-electron chi connectivity index (χ1n) is 10.4. The minimum Gasteiger partial charge on any atom is -0.383 e. The van der Waals surface area contributed by atoms with Gasteiger partial charge in [0.25, 0.3) is 5.56 Å². The fourth-order valence-electron chi connectivity index (χ4n) is 3.82. The van der Waals surface area contributed by atoms with E-state index in [-0.39, 0.29) is 50.8 Å². The number of amides is 1. The number of ether oxygens (including phenoxy) is 1. The van der Waals surface area contributed by atoms with E-state index in [0.29, 0.717) is 12.4 Å². The predicted octanol–water partition coefficient (Wildman–Crippen LogP) is 1.82. The van der Waals surface area contributed by atoms with Crippen LogP contribution in [-0.4, -0.2) is 70.3 Å². The van der Waals surface area contributed by atoms with Gasteiger partial charge in [0.05, 0.1) is 11.3 Å². The molecule has 190 valence electrons. The molecule has 2 aromatic heterocycles. The van der Waals surface area contributed by atoms with Crippen molar-refractivity contribution in [1.82, 2.24) is 25.1 Å². The molecular weight excluding hydrogens is 488 g/mol. The first-order valence-corrected chi connectivity index (χ1v) is 10.4. The molecule has 1 unspecified atom stereocenters. The van der Waals surface area contributed by atoms with Gasteiger partial charge in [-0.3, -0.25) is 9.59 Å². The van der Waals surface area contributed by atoms with Gasteiger partial charge in [-0.15, -0.1) is 0 Å². The maximum absolute atomic E-state index is 13.3. The number of halogens is 6. The SMILES string of the molecule is O=C(COC1CCNc2c1n[nH]c(=O)c2C(F)(F)F)N1CCN(c2ncc(C(F)(F)F)cn2)CC1. The molecule has 0 aromatic carbocycles. The van der Waals surface area contributed by atoms with Crippen LogP contribution in [0, 0.1) is 0 Å². The minimum absolute atomic E-state index is 0.0892. The van der Waals surface area contributed by atoms with E-state index < -0.39 is 53.3 Å². The zero-order chi connectivity index (χ0) is 25.4. The number of aromatic nitrogens is 4. The lowest BCUT2D eigenvalue weighted by molar-refractivity contribution is -0.140. The number of aromatic amines is 1. The first kappa shape index (κ1) is 24.7. The van der Waals surface area contributed by atoms with Crippen LogP contribution in [0.1, 0.15) is 29.3 Å². The van der Waals surface area contributed by atoms with E-state index in [1.807, 2.05) is 5.10 Å². The Labute approximate surface area is 193 Å². The molecule has 0 aliphatic carbocycles. The van der Waals surface area contributed by atoms with Crippen LogP contribution in [0.15, 0.2) is 17.2 Å². The summed E-state index contributed by atoms with van der Waals surface area (Å²) in [6, 6.07) is 0. The summed E-state index contributed by atoms with van der Waals surface area (Å²) in [5, 5.41) is 8.05. The highest BCUT2D eigenvalue weighted by atomic mass is 19.4. The van der Waals surface area contributed by atoms with E-state index in [4.69, 9.17) is 4.74 Å². The number of rotatable bonds is 4. The van der Waals surface area contributed by atoms with Gasteiger partial charge < -0.3 is 19.9 Å². The van der Waals surface area contributed by atoms with Gasteiger partial charge in [0.2, 0.25) is 11.9 Å². The molecule has 35 heavy (non-hydrogen) atoms. The van der Waals surface area contributed by atoms with E-state index >= 15 is 0 Å². The highest BCUT2D eigenvalue weighted by molar-refractivity contribution is 5.77. The van der Waals surface area contributed by atoms with Crippen molar-refractivity contribution in [3.63, 3.8) is 0 Å². The third-order valence-corrected chi connectivity index (χ3v) is 5.60. The monoisotopic (exact) mass is 507 g/mol. The Hall–Kier alpha value is -3.43. The number of fused-ring (bicyclic) bond motifs is 1. The molecule has 1 saturated heterocycles. The van der Waals surface area contributed by atoms with Crippen LogP contribution in [0.4, 0.5) is 38.0 Å². The molecule has 0 bridgehead atoms. The molecule has 2 N–H and O–H groups in total. The summed E-state index contributed by atoms with van der Waals surface area (Å²) < 4.78 is 83.4. The summed E-state index contributed by atoms with van der Waals surface area (Å²) >= 11 is 0. The van der Waals surface area contributed by atoms with E-state index in [1.54, 1.807) is 4.90 Å². The van der Waals surface area contributed by atoms with E-state index in [0.717, 1.165) is 0 Å². The highest BCUT2D eigenvalue weighted by Gasteiger charge is 2.41. The van der Waals surface area contributed by atoms with Crippen molar-refractivity contribution in [3.8, 4) is 0 Å². The largest absolute Gasteiger partial charge is 0.423 e. The molecule has 1 fully saturated rings. The van der Waals surface area contributed by atoms with Crippen LogP contribution in [0.25, 0.3) is 0 Å². The third kappa shape index (κ3) is 5.31. The number of H-pyrrole nitrogens is 1. The average Bonchev–Trinajstić information content (AvgIpc) is 2.81. The maximum Gasteiger partial charge on any atom is 0.423 e. The average molecular weight is 507 g/mol. The zero-order valence-electron chi connectivity index (χ0n) is 17.9. The first-order chi connectivity index (χ1) is 16.4. The Morgan fingerprint density at radius 2 is 1.71 bits per heavy atom. The Kier molecular flexibility index (Phi) is 6.57. The minimum atomic E-state index is -4.90. The normalized spacial score (nSPS) is 18.7. The molecule has 0 saturated carbocycles. The molecular formula is C19H19F6N7O3. The second kappa shape index (κ2) is 9.31. The van der Waals surface area contributed by atoms with E-state index in [1.165, 1.54) is 4.90 Å². The molecule has 16 heteroatoms. The molecule has 4 heterocycles. The van der Waals surface area contributed by atoms with E-state index in [2.05, 4.69) is 20.4 Å². The van der Waals surface area contributed by atoms with Crippen LogP contribution in [0.3, 0.4) is 0 Å². The van der Waals surface area contributed by atoms with Gasteiger partial charge in [-0.05, 0) is 6.42 Å². The van der Waals surface area contributed by atoms with Crippen molar-refractivity contribution in [1.29, 1.82) is 0 Å². The summed E-state index contributed by atoms with van der Waals surface area (Å²) in [5.74, 6) is -0.313. The van der Waals surface area contributed by atoms with Gasteiger partial charge in [0.15, 0.2) is 0 Å². The highest BCUT2D eigenvalue weighted by Crippen LogP contribution is 2.38. The van der Waals surface area contributed by atoms with Gasteiger partial charge >= 0.3 is 12.4 Å². The van der Waals surface area contributed by atoms with Crippen LogP contribution in [0.5, 0.6) is 0 Å². The van der Waals surface area contributed by atoms with Gasteiger partial charge in [-0.2, -0.15) is 31.4 Å². The summed E-state index contributed by atoms with van der Waals surface area (Å²) in [5.41, 5.74) is -4.35. The summed E-state index contributed by atoms with van der Waals surface area (Å²) in [4.78, 5) is 34.8. The van der Waals surface area contributed by atoms with Crippen molar-refractivity contribution in [2.24, 2.45) is 0 Å². The molecule has 10 nitrogen and oxygen atoms in total. The number of hydrogen-bond acceptors (Lipinski definition) is 8. The molecule has 0 spiro atoms. The Balaban J connectivity index is 1.34. The molecule has 0 radical (unpaired) electrons. The predicted molar refractivity (Wildman–Crippen MR) is 107 cm³/mol. The second-order valence-electron chi connectivity index (χ2n) is 7.84. The number of nitrogens with zero attached hydrogens (tertiary/aromatic N) is 5. The second-order valence-corrected chi connectivity index (χ2v) is 7.84. The number of anilines is 2. The quantitative estimate of drug-likeness (QED) is 0.603. The number of hydrogen-bond donors (Lipinski definition) is 2. The van der Waals surface area contributed by atoms with Crippen LogP contribution >= 0.6 is 0 Å². The van der Waals surface area contributed by atoms with E-state index in [9.17, 15) is 35.9 Å². The summed E-state index contributed by atoms with van der Waals surface area (Å²) in [7, 11) is 0. The van der Waals surface area contributed by atoms with Crippen molar-refractivity contribution in [2.75, 3.05) is 49.5 Å². The number of piperazine rings is 1. The molecule has 1 amide bonds. The van der Waals surface area contributed by atoms with Gasteiger partial charge in [-0.1, -0.05) is 0 Å². The molecule has 2 aliphatic heterocycles. The fourth-order valence-corrected chi connectivity index (χ4v) is 3.82. The van der Waals surface area contributed by atoms with Crippen LogP contribution < -0.4 is 15.8 Å². The molecule has 1 atom stereocenters. The molecule has 4 rings (SSSR count). The number of carbonyl (C=O) groups excluding carboxylic acids is 1. The van der Waals surface area contributed by atoms with Gasteiger partial charge in [0, 0.05) is 45.1 Å². The Morgan fingerprint density at radius 1 is 1.06 bits per heavy atom. The molecule has 2 aliphatic rings. The zero-order valence-corrected chi connectivity index (χ0v) is 17.9. The lowest BCUT2D eigenvalue weighted by Gasteiger charge is -2.35. The van der Waals surface area contributed by atoms with Crippen LogP contribution in [-0.2, 0) is 21.9 Å². The molecule has 2 aromatic rings. The number of carbonyl (C=O) groups is 1. The van der Waals surface area contributed by atoms with Crippen molar-refractivity contribution in [2.45, 2.75) is 24.9 Å². The number of alkyl halides is 6. The van der Waals surface area contributed by atoms with Crippen LogP contribution in [0.2, 0.25) is 0 Å². The third-order valence-electron chi connectivity index (χ3n) is 5.60. The number of nitrogens with one attached hydrogen (secondary N) is 2. The van der Waals surface area contributed by atoms with Gasteiger partial charge in [-0.25, -0.2) is 15.1 Å². The van der Waals surface area contributed by atoms with Crippen molar-refractivity contribution >= 4 is 17.5 Å². The Bertz CT molecular complexity index is 1130. The van der Waals surface area contributed by atoms with Crippen molar-refractivity contribution in [3.05, 3.63) is 39.6 Å². The summed E-state index contributed by atoms with van der Waals surface area (Å²) in [6.07, 6.45) is -8.77. The standard InChI is InChI=1S/C19H19F6N7O3/c20-18(21,22)10-7-27-17(28-8-10)32-5-3-31(4-6-32)12(33)9-35-11-1-2-26-15-13(19(23,24)25)16(34)30-29-14(11)15/h7-8,11,26H,1-6,9H2,(H,30,34). The fraction of sp³-hybridized carbons (Fsp3) is 0.526. The maximum atomic E-state index is 13.3. The Morgan fingerprint density at radius 3 is 2.31 bits per heavy atom. The lowest BCUT2D eigenvalue weighted by atomic mass is 10.0. The summed E-state index contributed by atoms with van der Waals surface area (Å²) in [6.45, 7) is 0.642. The lowest BCUT2D eigenvalue weighted by Crippen LogP contribution is -2.50. The smallest absolute Gasteiger partial charge is 0.383 e. The van der Waals surface area contributed by atoms with Crippen molar-refractivity contribution < 1.29 is 35.9 Å². The van der Waals surface area contributed by atoms with Gasteiger partial charge in [0.1, 0.15) is 24.0 Å². The topological polar surface area (TPSA) is 116 Å².